The van der Waals surface area contributed by atoms with Crippen LogP contribution in [-0.2, 0) is 11.3 Å². The van der Waals surface area contributed by atoms with E-state index in [2.05, 4.69) is 9.64 Å². The molecule has 3 nitrogen and oxygen atoms in total. The van der Waals surface area contributed by atoms with Crippen LogP contribution in [0.3, 0.4) is 0 Å². The van der Waals surface area contributed by atoms with E-state index in [4.69, 9.17) is 0 Å². The van der Waals surface area contributed by atoms with Crippen molar-refractivity contribution in [3.63, 3.8) is 0 Å². The van der Waals surface area contributed by atoms with Crippen molar-refractivity contribution in [3.8, 4) is 0 Å². The van der Waals surface area contributed by atoms with E-state index in [0.29, 0.717) is 0 Å². The first-order chi connectivity index (χ1) is 9.70. The van der Waals surface area contributed by atoms with E-state index in [1.54, 1.807) is 0 Å². The first-order valence-electron chi connectivity index (χ1n) is 7.30. The Kier molecular flexibility index (Phi) is 5.53. The smallest absolute Gasteiger partial charge is 0.340 e. The fourth-order valence-corrected chi connectivity index (χ4v) is 2.66. The summed E-state index contributed by atoms with van der Waals surface area (Å²) in [4.78, 5) is 13.7. The minimum Gasteiger partial charge on any atom is -0.465 e. The molecule has 20 heavy (non-hydrogen) atoms. The molecule has 1 aliphatic rings. The zero-order valence-electron chi connectivity index (χ0n) is 12.0. The molecule has 2 rings (SSSR count). The van der Waals surface area contributed by atoms with Gasteiger partial charge in [-0.05, 0) is 43.6 Å². The van der Waals surface area contributed by atoms with E-state index in [1.165, 1.54) is 51.3 Å². The summed E-state index contributed by atoms with van der Waals surface area (Å²) in [6, 6.07) is 4.78. The Morgan fingerprint density at radius 3 is 2.45 bits per heavy atom. The molecular formula is C16H22FNO2. The molecule has 4 heteroatoms. The fraction of sp³-hybridized carbons (Fsp3) is 0.562. The molecule has 0 saturated carbocycles. The van der Waals surface area contributed by atoms with Gasteiger partial charge in [0.2, 0.25) is 0 Å². The van der Waals surface area contributed by atoms with Crippen molar-refractivity contribution in [1.82, 2.24) is 4.90 Å². The highest BCUT2D eigenvalue weighted by atomic mass is 19.1. The molecule has 1 aromatic rings. The number of benzene rings is 1. The summed E-state index contributed by atoms with van der Waals surface area (Å²) in [5, 5.41) is 0. The van der Waals surface area contributed by atoms with Crippen LogP contribution in [0.25, 0.3) is 0 Å². The van der Waals surface area contributed by atoms with Gasteiger partial charge in [-0.1, -0.05) is 25.3 Å². The fourth-order valence-electron chi connectivity index (χ4n) is 2.66. The van der Waals surface area contributed by atoms with Crippen molar-refractivity contribution in [2.24, 2.45) is 0 Å². The lowest BCUT2D eigenvalue weighted by molar-refractivity contribution is 0.0595. The van der Waals surface area contributed by atoms with Crippen LogP contribution in [0, 0.1) is 5.82 Å². The molecule has 0 amide bonds. The molecule has 0 radical (unpaired) electrons. The standard InChI is InChI=1S/C16H22FNO2/c1-20-16(19)14-8-7-13(11-15(14)17)12-18-9-5-3-2-4-6-10-18/h7-8,11H,2-6,9-10,12H2,1H3. The van der Waals surface area contributed by atoms with Crippen LogP contribution in [0.5, 0.6) is 0 Å². The average Bonchev–Trinajstić information content (AvgIpc) is 2.41. The Morgan fingerprint density at radius 1 is 1.20 bits per heavy atom. The van der Waals surface area contributed by atoms with Gasteiger partial charge in [0.25, 0.3) is 0 Å². The highest BCUT2D eigenvalue weighted by molar-refractivity contribution is 5.89. The van der Waals surface area contributed by atoms with Gasteiger partial charge in [0.1, 0.15) is 5.82 Å². The topological polar surface area (TPSA) is 29.5 Å². The molecule has 0 atom stereocenters. The number of ether oxygens (including phenoxy) is 1. The maximum Gasteiger partial charge on any atom is 0.340 e. The summed E-state index contributed by atoms with van der Waals surface area (Å²) in [5.41, 5.74) is 0.916. The van der Waals surface area contributed by atoms with Crippen molar-refractivity contribution in [2.75, 3.05) is 20.2 Å². The number of hydrogen-bond donors (Lipinski definition) is 0. The van der Waals surface area contributed by atoms with E-state index < -0.39 is 11.8 Å². The molecule has 1 aliphatic heterocycles. The summed E-state index contributed by atoms with van der Waals surface area (Å²) in [7, 11) is 1.26. The number of likely N-dealkylation sites (tertiary alicyclic amines) is 1. The molecule has 0 aliphatic carbocycles. The quantitative estimate of drug-likeness (QED) is 0.794. The summed E-state index contributed by atoms with van der Waals surface area (Å²) in [6.45, 7) is 2.89. The lowest BCUT2D eigenvalue weighted by atomic mass is 10.1. The number of carbonyl (C=O) groups is 1. The van der Waals surface area contributed by atoms with Gasteiger partial charge >= 0.3 is 5.97 Å². The molecule has 1 heterocycles. The monoisotopic (exact) mass is 279 g/mol. The van der Waals surface area contributed by atoms with Crippen LogP contribution in [0.15, 0.2) is 18.2 Å². The normalized spacial score (nSPS) is 17.3. The Balaban J connectivity index is 2.01. The molecule has 0 N–H and O–H groups in total. The second kappa shape index (κ2) is 7.39. The minimum atomic E-state index is -0.625. The van der Waals surface area contributed by atoms with Crippen molar-refractivity contribution < 1.29 is 13.9 Å². The number of halogens is 1. The first kappa shape index (κ1) is 15.0. The van der Waals surface area contributed by atoms with Crippen molar-refractivity contribution in [2.45, 2.75) is 38.6 Å². The Bertz CT molecular complexity index is 454. The highest BCUT2D eigenvalue weighted by Gasteiger charge is 2.14. The van der Waals surface area contributed by atoms with Crippen molar-refractivity contribution >= 4 is 5.97 Å². The number of rotatable bonds is 3. The third-order valence-corrected chi connectivity index (χ3v) is 3.79. The summed E-state index contributed by atoms with van der Waals surface area (Å²) >= 11 is 0. The van der Waals surface area contributed by atoms with E-state index in [0.717, 1.165) is 25.2 Å². The summed E-state index contributed by atoms with van der Waals surface area (Å²) < 4.78 is 18.4. The van der Waals surface area contributed by atoms with Crippen LogP contribution in [0.4, 0.5) is 4.39 Å². The second-order valence-corrected chi connectivity index (χ2v) is 5.35. The Morgan fingerprint density at radius 2 is 1.85 bits per heavy atom. The van der Waals surface area contributed by atoms with E-state index in [9.17, 15) is 9.18 Å². The van der Waals surface area contributed by atoms with E-state index in [1.807, 2.05) is 6.07 Å². The number of esters is 1. The lowest BCUT2D eigenvalue weighted by Gasteiger charge is -2.24. The molecule has 0 spiro atoms. The number of hydrogen-bond acceptors (Lipinski definition) is 3. The zero-order valence-corrected chi connectivity index (χ0v) is 12.0. The molecular weight excluding hydrogens is 257 g/mol. The zero-order chi connectivity index (χ0) is 14.4. The molecule has 0 unspecified atom stereocenters. The van der Waals surface area contributed by atoms with Crippen LogP contribution >= 0.6 is 0 Å². The third-order valence-electron chi connectivity index (χ3n) is 3.79. The first-order valence-corrected chi connectivity index (χ1v) is 7.30. The van der Waals surface area contributed by atoms with Crippen molar-refractivity contribution in [3.05, 3.63) is 35.1 Å². The van der Waals surface area contributed by atoms with Crippen LogP contribution in [0.1, 0.15) is 48.0 Å². The lowest BCUT2D eigenvalue weighted by Crippen LogP contribution is -2.27. The van der Waals surface area contributed by atoms with Gasteiger partial charge in [0.05, 0.1) is 12.7 Å². The van der Waals surface area contributed by atoms with Gasteiger partial charge < -0.3 is 4.74 Å². The molecule has 1 aromatic carbocycles. The minimum absolute atomic E-state index is 0.00363. The maximum atomic E-state index is 13.9. The van der Waals surface area contributed by atoms with Crippen LogP contribution in [-0.4, -0.2) is 31.1 Å². The van der Waals surface area contributed by atoms with Crippen LogP contribution < -0.4 is 0 Å². The Hall–Kier alpha value is -1.42. The van der Waals surface area contributed by atoms with Crippen molar-refractivity contribution in [1.29, 1.82) is 0 Å². The molecule has 1 saturated heterocycles. The largest absolute Gasteiger partial charge is 0.465 e. The highest BCUT2D eigenvalue weighted by Crippen LogP contribution is 2.16. The van der Waals surface area contributed by atoms with Gasteiger partial charge in [-0.3, -0.25) is 4.90 Å². The van der Waals surface area contributed by atoms with Gasteiger partial charge in [-0.25, -0.2) is 9.18 Å². The maximum absolute atomic E-state index is 13.9. The van der Waals surface area contributed by atoms with E-state index in [-0.39, 0.29) is 5.56 Å². The predicted molar refractivity (Wildman–Crippen MR) is 76.1 cm³/mol. The van der Waals surface area contributed by atoms with Crippen LogP contribution in [0.2, 0.25) is 0 Å². The number of carbonyl (C=O) groups excluding carboxylic acids is 1. The van der Waals surface area contributed by atoms with Gasteiger partial charge in [-0.15, -0.1) is 0 Å². The molecule has 1 fully saturated rings. The SMILES string of the molecule is COC(=O)c1ccc(CN2CCCCCCC2)cc1F. The van der Waals surface area contributed by atoms with Gasteiger partial charge in [0, 0.05) is 6.54 Å². The predicted octanol–water partition coefficient (Wildman–Crippen LogP) is 3.38. The average molecular weight is 279 g/mol. The summed E-state index contributed by atoms with van der Waals surface area (Å²) in [5.74, 6) is -1.12. The molecule has 0 bridgehead atoms. The molecule has 0 aromatic heterocycles. The van der Waals surface area contributed by atoms with Gasteiger partial charge in [0.15, 0.2) is 0 Å². The number of methoxy groups -OCH3 is 1. The van der Waals surface area contributed by atoms with E-state index >= 15 is 0 Å². The number of nitrogens with zero attached hydrogens (tertiary/aromatic N) is 1. The summed E-state index contributed by atoms with van der Waals surface area (Å²) in [6.07, 6.45) is 6.32. The molecule has 110 valence electrons. The van der Waals surface area contributed by atoms with Gasteiger partial charge in [-0.2, -0.15) is 0 Å². The Labute approximate surface area is 119 Å². The third kappa shape index (κ3) is 4.04. The second-order valence-electron chi connectivity index (χ2n) is 5.35.